The van der Waals surface area contributed by atoms with Crippen LogP contribution in [0.25, 0.3) is 0 Å². The van der Waals surface area contributed by atoms with Crippen LogP contribution in [0.2, 0.25) is 0 Å². The number of nitrogens with zero attached hydrogens (tertiary/aromatic N) is 1. The molecule has 22 heavy (non-hydrogen) atoms. The van der Waals surface area contributed by atoms with Crippen LogP contribution in [-0.4, -0.2) is 31.2 Å². The fourth-order valence-corrected chi connectivity index (χ4v) is 2.03. The van der Waals surface area contributed by atoms with Gasteiger partial charge in [0.2, 0.25) is 0 Å². The molecule has 5 nitrogen and oxygen atoms in total. The van der Waals surface area contributed by atoms with Gasteiger partial charge in [0.25, 0.3) is 5.91 Å². The molecule has 1 aromatic heterocycles. The Morgan fingerprint density at radius 1 is 1.27 bits per heavy atom. The van der Waals surface area contributed by atoms with E-state index in [0.29, 0.717) is 31.1 Å². The average molecular weight is 299 g/mol. The van der Waals surface area contributed by atoms with Crippen molar-refractivity contribution < 1.29 is 9.53 Å². The fourth-order valence-electron chi connectivity index (χ4n) is 2.03. The maximum Gasteiger partial charge on any atom is 0.251 e. The standard InChI is InChI=1S/C17H21N3O2/c1-13-5-3-4-6-15(13)12-20-16-11-14(7-8-18-16)17(21)19-9-10-22-2/h3-8,11H,9-10,12H2,1-2H3,(H,18,20)(H,19,21). The van der Waals surface area contributed by atoms with Crippen molar-refractivity contribution >= 4 is 11.7 Å². The predicted octanol–water partition coefficient (Wildman–Crippen LogP) is 2.38. The Kier molecular flexibility index (Phi) is 5.91. The molecule has 0 atom stereocenters. The number of ether oxygens (including phenoxy) is 1. The molecule has 0 saturated carbocycles. The monoisotopic (exact) mass is 299 g/mol. The van der Waals surface area contributed by atoms with Gasteiger partial charge in [-0.2, -0.15) is 0 Å². The molecular weight excluding hydrogens is 278 g/mol. The van der Waals surface area contributed by atoms with Crippen molar-refractivity contribution in [2.24, 2.45) is 0 Å². The van der Waals surface area contributed by atoms with E-state index in [9.17, 15) is 4.79 Å². The first-order valence-electron chi connectivity index (χ1n) is 7.22. The number of nitrogens with one attached hydrogen (secondary N) is 2. The van der Waals surface area contributed by atoms with E-state index in [1.165, 1.54) is 11.1 Å². The lowest BCUT2D eigenvalue weighted by molar-refractivity contribution is 0.0937. The summed E-state index contributed by atoms with van der Waals surface area (Å²) < 4.78 is 4.91. The van der Waals surface area contributed by atoms with Gasteiger partial charge in [0.1, 0.15) is 5.82 Å². The number of benzene rings is 1. The van der Waals surface area contributed by atoms with Gasteiger partial charge >= 0.3 is 0 Å². The van der Waals surface area contributed by atoms with Crippen LogP contribution in [0.1, 0.15) is 21.5 Å². The third-order valence-electron chi connectivity index (χ3n) is 3.34. The van der Waals surface area contributed by atoms with Crippen LogP contribution in [-0.2, 0) is 11.3 Å². The minimum atomic E-state index is -0.126. The van der Waals surface area contributed by atoms with Crippen molar-refractivity contribution in [2.45, 2.75) is 13.5 Å². The third-order valence-corrected chi connectivity index (χ3v) is 3.34. The molecule has 1 aromatic carbocycles. The summed E-state index contributed by atoms with van der Waals surface area (Å²) >= 11 is 0. The molecule has 5 heteroatoms. The molecule has 2 N–H and O–H groups in total. The average Bonchev–Trinajstić information content (AvgIpc) is 2.54. The number of amides is 1. The number of hydrogen-bond acceptors (Lipinski definition) is 4. The molecule has 0 aliphatic rings. The summed E-state index contributed by atoms with van der Waals surface area (Å²) in [7, 11) is 1.60. The SMILES string of the molecule is COCCNC(=O)c1ccnc(NCc2ccccc2C)c1. The van der Waals surface area contributed by atoms with E-state index in [1.54, 1.807) is 25.4 Å². The van der Waals surface area contributed by atoms with Gasteiger partial charge in [0.15, 0.2) is 0 Å². The van der Waals surface area contributed by atoms with Crippen LogP contribution in [0, 0.1) is 6.92 Å². The lowest BCUT2D eigenvalue weighted by Crippen LogP contribution is -2.27. The van der Waals surface area contributed by atoms with Gasteiger partial charge in [-0.1, -0.05) is 24.3 Å². The molecule has 116 valence electrons. The second-order valence-corrected chi connectivity index (χ2v) is 4.96. The van der Waals surface area contributed by atoms with Crippen LogP contribution in [0.5, 0.6) is 0 Å². The number of aryl methyl sites for hydroxylation is 1. The van der Waals surface area contributed by atoms with Crippen LogP contribution < -0.4 is 10.6 Å². The Hall–Kier alpha value is -2.40. The smallest absolute Gasteiger partial charge is 0.251 e. The highest BCUT2D eigenvalue weighted by Gasteiger charge is 2.06. The largest absolute Gasteiger partial charge is 0.383 e. The van der Waals surface area contributed by atoms with Gasteiger partial charge in [0.05, 0.1) is 6.61 Å². The number of carbonyl (C=O) groups excluding carboxylic acids is 1. The summed E-state index contributed by atoms with van der Waals surface area (Å²) in [5.41, 5.74) is 3.01. The molecule has 0 aliphatic carbocycles. The maximum atomic E-state index is 12.0. The molecule has 0 unspecified atom stereocenters. The van der Waals surface area contributed by atoms with E-state index >= 15 is 0 Å². The Bertz CT molecular complexity index is 629. The molecule has 2 rings (SSSR count). The number of aromatic nitrogens is 1. The second-order valence-electron chi connectivity index (χ2n) is 4.96. The van der Waals surface area contributed by atoms with Crippen molar-refractivity contribution in [1.29, 1.82) is 0 Å². The highest BCUT2D eigenvalue weighted by Crippen LogP contribution is 2.11. The molecule has 0 aliphatic heterocycles. The molecule has 0 spiro atoms. The molecule has 1 heterocycles. The lowest BCUT2D eigenvalue weighted by atomic mass is 10.1. The van der Waals surface area contributed by atoms with Gasteiger partial charge < -0.3 is 15.4 Å². The number of methoxy groups -OCH3 is 1. The number of anilines is 1. The zero-order chi connectivity index (χ0) is 15.8. The number of hydrogen-bond donors (Lipinski definition) is 2. The molecule has 1 amide bonds. The number of rotatable bonds is 7. The molecule has 0 fully saturated rings. The summed E-state index contributed by atoms with van der Waals surface area (Å²) in [5.74, 6) is 0.557. The van der Waals surface area contributed by atoms with Crippen LogP contribution in [0.15, 0.2) is 42.6 Å². The Balaban J connectivity index is 1.96. The Morgan fingerprint density at radius 3 is 2.86 bits per heavy atom. The summed E-state index contributed by atoms with van der Waals surface area (Å²) in [6, 6.07) is 11.6. The van der Waals surface area contributed by atoms with Crippen molar-refractivity contribution in [2.75, 3.05) is 25.6 Å². The van der Waals surface area contributed by atoms with Crippen molar-refractivity contribution in [3.8, 4) is 0 Å². The van der Waals surface area contributed by atoms with Crippen LogP contribution in [0.4, 0.5) is 5.82 Å². The lowest BCUT2D eigenvalue weighted by Gasteiger charge is -2.09. The predicted molar refractivity (Wildman–Crippen MR) is 87.0 cm³/mol. The highest BCUT2D eigenvalue weighted by molar-refractivity contribution is 5.94. The summed E-state index contributed by atoms with van der Waals surface area (Å²) in [5, 5.41) is 6.04. The first kappa shape index (κ1) is 16.0. The van der Waals surface area contributed by atoms with Crippen LogP contribution in [0.3, 0.4) is 0 Å². The van der Waals surface area contributed by atoms with E-state index in [1.807, 2.05) is 12.1 Å². The van der Waals surface area contributed by atoms with E-state index in [2.05, 4.69) is 34.7 Å². The Labute approximate surface area is 130 Å². The zero-order valence-electron chi connectivity index (χ0n) is 12.9. The maximum absolute atomic E-state index is 12.0. The summed E-state index contributed by atoms with van der Waals surface area (Å²) in [4.78, 5) is 16.2. The van der Waals surface area contributed by atoms with E-state index < -0.39 is 0 Å². The van der Waals surface area contributed by atoms with Gasteiger partial charge in [0, 0.05) is 32.0 Å². The minimum Gasteiger partial charge on any atom is -0.383 e. The summed E-state index contributed by atoms with van der Waals surface area (Å²) in [6.07, 6.45) is 1.63. The zero-order valence-corrected chi connectivity index (χ0v) is 12.9. The molecular formula is C17H21N3O2. The molecule has 0 radical (unpaired) electrons. The van der Waals surface area contributed by atoms with E-state index in [0.717, 1.165) is 0 Å². The molecule has 2 aromatic rings. The topological polar surface area (TPSA) is 63.2 Å². The highest BCUT2D eigenvalue weighted by atomic mass is 16.5. The summed E-state index contributed by atoms with van der Waals surface area (Å²) in [6.45, 7) is 3.73. The van der Waals surface area contributed by atoms with E-state index in [-0.39, 0.29) is 5.91 Å². The van der Waals surface area contributed by atoms with Crippen molar-refractivity contribution in [3.63, 3.8) is 0 Å². The third kappa shape index (κ3) is 4.56. The fraction of sp³-hybridized carbons (Fsp3) is 0.294. The molecule has 0 saturated heterocycles. The van der Waals surface area contributed by atoms with E-state index in [4.69, 9.17) is 4.74 Å². The quantitative estimate of drug-likeness (QED) is 0.771. The first-order chi connectivity index (χ1) is 10.7. The van der Waals surface area contributed by atoms with Crippen molar-refractivity contribution in [3.05, 3.63) is 59.3 Å². The number of pyridine rings is 1. The molecule has 0 bridgehead atoms. The first-order valence-corrected chi connectivity index (χ1v) is 7.22. The van der Waals surface area contributed by atoms with Gasteiger partial charge in [-0.3, -0.25) is 4.79 Å². The normalized spacial score (nSPS) is 10.3. The van der Waals surface area contributed by atoms with Gasteiger partial charge in [-0.15, -0.1) is 0 Å². The van der Waals surface area contributed by atoms with Crippen LogP contribution >= 0.6 is 0 Å². The minimum absolute atomic E-state index is 0.126. The van der Waals surface area contributed by atoms with Crippen molar-refractivity contribution in [1.82, 2.24) is 10.3 Å². The number of carbonyl (C=O) groups is 1. The van der Waals surface area contributed by atoms with Gasteiger partial charge in [-0.25, -0.2) is 4.98 Å². The van der Waals surface area contributed by atoms with Gasteiger partial charge in [-0.05, 0) is 30.2 Å². The second kappa shape index (κ2) is 8.14. The Morgan fingerprint density at radius 2 is 2.09 bits per heavy atom.